The second-order valence-corrected chi connectivity index (χ2v) is 8.26. The average molecular weight is 373 g/mol. The first-order chi connectivity index (χ1) is 10.4. The highest BCUT2D eigenvalue weighted by Crippen LogP contribution is 2.24. The van der Waals surface area contributed by atoms with Crippen LogP contribution in [0.1, 0.15) is 5.01 Å². The maximum Gasteiger partial charge on any atom is 0.241 e. The summed E-state index contributed by atoms with van der Waals surface area (Å²) in [4.78, 5) is 4.42. The van der Waals surface area contributed by atoms with E-state index in [1.54, 1.807) is 0 Å². The first-order valence-corrected chi connectivity index (χ1v) is 9.30. The molecule has 0 aliphatic heterocycles. The van der Waals surface area contributed by atoms with Gasteiger partial charge in [0, 0.05) is 10.0 Å². The number of sulfonamides is 1. The third kappa shape index (κ3) is 3.42. The Bertz CT molecular complexity index is 886. The normalized spacial score (nSPS) is 11.9. The highest BCUT2D eigenvalue weighted by atomic mass is 35.5. The number of aromatic nitrogens is 1. The summed E-state index contributed by atoms with van der Waals surface area (Å²) in [5, 5.41) is 1.23. The van der Waals surface area contributed by atoms with Crippen LogP contribution in [0, 0.1) is 0 Å². The van der Waals surface area contributed by atoms with E-state index in [9.17, 15) is 8.42 Å². The second kappa shape index (κ2) is 6.14. The standard InChI is InChI=1S/C14H10Cl2N2O2S2/c15-9-5-10(16)7-11(6-9)22(19,20)17-8-14-18-12-3-1-2-4-13(12)21-14/h1-7,17H,8H2. The molecule has 0 aliphatic carbocycles. The van der Waals surface area contributed by atoms with E-state index in [2.05, 4.69) is 9.71 Å². The van der Waals surface area contributed by atoms with E-state index in [-0.39, 0.29) is 21.5 Å². The quantitative estimate of drug-likeness (QED) is 0.750. The van der Waals surface area contributed by atoms with Gasteiger partial charge < -0.3 is 0 Å². The molecule has 3 aromatic rings. The van der Waals surface area contributed by atoms with Crippen LogP contribution in [0.3, 0.4) is 0 Å². The summed E-state index contributed by atoms with van der Waals surface area (Å²) in [6.07, 6.45) is 0. The summed E-state index contributed by atoms with van der Waals surface area (Å²) < 4.78 is 28.1. The fourth-order valence-electron chi connectivity index (χ4n) is 1.92. The van der Waals surface area contributed by atoms with Gasteiger partial charge >= 0.3 is 0 Å². The van der Waals surface area contributed by atoms with Gasteiger partial charge in [0.1, 0.15) is 5.01 Å². The van der Waals surface area contributed by atoms with E-state index in [4.69, 9.17) is 23.2 Å². The van der Waals surface area contributed by atoms with Gasteiger partial charge in [-0.2, -0.15) is 0 Å². The van der Waals surface area contributed by atoms with Crippen molar-refractivity contribution in [2.75, 3.05) is 0 Å². The topological polar surface area (TPSA) is 59.1 Å². The van der Waals surface area contributed by atoms with Gasteiger partial charge in [0.25, 0.3) is 0 Å². The molecule has 22 heavy (non-hydrogen) atoms. The van der Waals surface area contributed by atoms with E-state index >= 15 is 0 Å². The Morgan fingerprint density at radius 2 is 1.77 bits per heavy atom. The molecule has 0 saturated carbocycles. The summed E-state index contributed by atoms with van der Waals surface area (Å²) in [5.74, 6) is 0. The van der Waals surface area contributed by atoms with Crippen LogP contribution in [-0.4, -0.2) is 13.4 Å². The van der Waals surface area contributed by atoms with Crippen molar-refractivity contribution in [2.24, 2.45) is 0 Å². The molecule has 0 spiro atoms. The molecule has 1 N–H and O–H groups in total. The Morgan fingerprint density at radius 3 is 2.45 bits per heavy atom. The van der Waals surface area contributed by atoms with Crippen LogP contribution in [0.4, 0.5) is 0 Å². The number of hydrogen-bond donors (Lipinski definition) is 1. The summed E-state index contributed by atoms with van der Waals surface area (Å²) in [6.45, 7) is 0.117. The van der Waals surface area contributed by atoms with Crippen LogP contribution in [0.2, 0.25) is 10.0 Å². The van der Waals surface area contributed by atoms with E-state index in [1.807, 2.05) is 24.3 Å². The first kappa shape index (κ1) is 15.7. The Kier molecular flexibility index (Phi) is 4.38. The minimum Gasteiger partial charge on any atom is -0.240 e. The van der Waals surface area contributed by atoms with Crippen molar-refractivity contribution in [1.29, 1.82) is 0 Å². The van der Waals surface area contributed by atoms with Gasteiger partial charge in [-0.15, -0.1) is 11.3 Å². The molecule has 0 atom stereocenters. The lowest BCUT2D eigenvalue weighted by Crippen LogP contribution is -2.23. The van der Waals surface area contributed by atoms with Crippen molar-refractivity contribution in [2.45, 2.75) is 11.4 Å². The lowest BCUT2D eigenvalue weighted by molar-refractivity contribution is 0.581. The smallest absolute Gasteiger partial charge is 0.240 e. The van der Waals surface area contributed by atoms with Gasteiger partial charge in [-0.1, -0.05) is 35.3 Å². The molecule has 4 nitrogen and oxygen atoms in total. The highest BCUT2D eigenvalue weighted by molar-refractivity contribution is 7.89. The molecule has 2 aromatic carbocycles. The van der Waals surface area contributed by atoms with Gasteiger partial charge in [0.15, 0.2) is 0 Å². The fraction of sp³-hybridized carbons (Fsp3) is 0.0714. The molecule has 1 aromatic heterocycles. The number of fused-ring (bicyclic) bond motifs is 1. The predicted octanol–water partition coefficient (Wildman–Crippen LogP) is 4.08. The largest absolute Gasteiger partial charge is 0.241 e. The van der Waals surface area contributed by atoms with E-state index in [1.165, 1.54) is 29.5 Å². The van der Waals surface area contributed by atoms with Crippen LogP contribution in [-0.2, 0) is 16.6 Å². The minimum absolute atomic E-state index is 0.0334. The monoisotopic (exact) mass is 372 g/mol. The number of thiazole rings is 1. The third-order valence-electron chi connectivity index (χ3n) is 2.90. The van der Waals surface area contributed by atoms with E-state index in [0.29, 0.717) is 5.01 Å². The number of benzene rings is 2. The van der Waals surface area contributed by atoms with Gasteiger partial charge in [-0.25, -0.2) is 18.1 Å². The molecule has 0 aliphatic rings. The molecule has 0 amide bonds. The molecule has 0 unspecified atom stereocenters. The molecule has 0 radical (unpaired) electrons. The lowest BCUT2D eigenvalue weighted by Gasteiger charge is -2.06. The first-order valence-electron chi connectivity index (χ1n) is 6.24. The van der Waals surface area contributed by atoms with Crippen molar-refractivity contribution < 1.29 is 8.42 Å². The van der Waals surface area contributed by atoms with Crippen molar-refractivity contribution in [1.82, 2.24) is 9.71 Å². The number of nitrogens with one attached hydrogen (secondary N) is 1. The molecular formula is C14H10Cl2N2O2S2. The van der Waals surface area contributed by atoms with Crippen molar-refractivity contribution in [3.63, 3.8) is 0 Å². The van der Waals surface area contributed by atoms with Gasteiger partial charge in [0.05, 0.1) is 21.7 Å². The summed E-state index contributed by atoms with van der Waals surface area (Å²) >= 11 is 13.1. The number of rotatable bonds is 4. The number of nitrogens with zero attached hydrogens (tertiary/aromatic N) is 1. The Hall–Kier alpha value is -1.18. The van der Waals surface area contributed by atoms with Crippen molar-refractivity contribution >= 4 is 54.8 Å². The molecule has 8 heteroatoms. The third-order valence-corrected chi connectivity index (χ3v) is 5.75. The Morgan fingerprint density at radius 1 is 1.09 bits per heavy atom. The SMILES string of the molecule is O=S(=O)(NCc1nc2ccccc2s1)c1cc(Cl)cc(Cl)c1. The molecule has 3 rings (SSSR count). The second-order valence-electron chi connectivity index (χ2n) is 4.51. The number of halogens is 2. The van der Waals surface area contributed by atoms with Crippen molar-refractivity contribution in [3.8, 4) is 0 Å². The molecule has 0 fully saturated rings. The zero-order chi connectivity index (χ0) is 15.7. The highest BCUT2D eigenvalue weighted by Gasteiger charge is 2.16. The van der Waals surface area contributed by atoms with Gasteiger partial charge in [-0.05, 0) is 30.3 Å². The molecule has 1 heterocycles. The minimum atomic E-state index is -3.69. The van der Waals surface area contributed by atoms with Crippen LogP contribution in [0.25, 0.3) is 10.2 Å². The summed E-state index contributed by atoms with van der Waals surface area (Å²) in [7, 11) is -3.69. The summed E-state index contributed by atoms with van der Waals surface area (Å²) in [6, 6.07) is 11.8. The number of para-hydroxylation sites is 1. The summed E-state index contributed by atoms with van der Waals surface area (Å²) in [5.41, 5.74) is 0.854. The molecule has 114 valence electrons. The maximum atomic E-state index is 12.3. The van der Waals surface area contributed by atoms with Gasteiger partial charge in [-0.3, -0.25) is 0 Å². The Labute approximate surface area is 141 Å². The van der Waals surface area contributed by atoms with Crippen molar-refractivity contribution in [3.05, 3.63) is 57.5 Å². The predicted molar refractivity (Wildman–Crippen MR) is 90.1 cm³/mol. The fourth-order valence-corrected chi connectivity index (χ4v) is 4.63. The lowest BCUT2D eigenvalue weighted by atomic mass is 10.3. The average Bonchev–Trinajstić information content (AvgIpc) is 2.87. The maximum absolute atomic E-state index is 12.3. The van der Waals surface area contributed by atoms with E-state index in [0.717, 1.165) is 10.2 Å². The molecule has 0 saturated heterocycles. The zero-order valence-corrected chi connectivity index (χ0v) is 14.2. The van der Waals surface area contributed by atoms with Gasteiger partial charge in [0.2, 0.25) is 10.0 Å². The van der Waals surface area contributed by atoms with Crippen LogP contribution in [0.5, 0.6) is 0 Å². The zero-order valence-electron chi connectivity index (χ0n) is 11.1. The van der Waals surface area contributed by atoms with E-state index < -0.39 is 10.0 Å². The Balaban J connectivity index is 1.82. The molecular weight excluding hydrogens is 363 g/mol. The van der Waals surface area contributed by atoms with Crippen LogP contribution >= 0.6 is 34.5 Å². The molecule has 0 bridgehead atoms. The van der Waals surface area contributed by atoms with Crippen LogP contribution < -0.4 is 4.72 Å². The number of hydrogen-bond acceptors (Lipinski definition) is 4. The van der Waals surface area contributed by atoms with Crippen LogP contribution in [0.15, 0.2) is 47.4 Å².